The third kappa shape index (κ3) is 4.24. The van der Waals surface area contributed by atoms with E-state index in [9.17, 15) is 17.6 Å². The first-order chi connectivity index (χ1) is 14.2. The maximum Gasteiger partial charge on any atom is 0.177 e. The lowest BCUT2D eigenvalue weighted by Crippen LogP contribution is -2.03. The molecule has 0 atom stereocenters. The summed E-state index contributed by atoms with van der Waals surface area (Å²) in [6.07, 6.45) is 0. The van der Waals surface area contributed by atoms with E-state index >= 15 is 0 Å². The maximum absolute atomic E-state index is 13.9. The Morgan fingerprint density at radius 2 is 1.00 bits per heavy atom. The molecule has 0 saturated carbocycles. The highest BCUT2D eigenvalue weighted by atomic mass is 19.2. The van der Waals surface area contributed by atoms with Crippen LogP contribution in [0.5, 0.6) is 0 Å². The summed E-state index contributed by atoms with van der Waals surface area (Å²) in [7, 11) is 0. The predicted molar refractivity (Wildman–Crippen MR) is 110 cm³/mol. The van der Waals surface area contributed by atoms with Crippen LogP contribution < -0.4 is 0 Å². The van der Waals surface area contributed by atoms with Crippen molar-refractivity contribution in [2.45, 2.75) is 27.7 Å². The lowest BCUT2D eigenvalue weighted by Gasteiger charge is -2.04. The van der Waals surface area contributed by atoms with Crippen molar-refractivity contribution in [1.29, 1.82) is 0 Å². The van der Waals surface area contributed by atoms with Gasteiger partial charge in [0.25, 0.3) is 0 Å². The normalized spacial score (nSPS) is 10.1. The Bertz CT molecular complexity index is 1230. The Kier molecular flexibility index (Phi) is 5.99. The molecule has 0 saturated heterocycles. The molecule has 0 aliphatic heterocycles. The molecule has 3 aromatic carbocycles. The van der Waals surface area contributed by atoms with E-state index in [0.717, 1.165) is 23.6 Å². The fourth-order valence-corrected chi connectivity index (χ4v) is 2.86. The summed E-state index contributed by atoms with van der Waals surface area (Å²) in [5.41, 5.74) is 3.94. The first kappa shape index (κ1) is 21.2. The van der Waals surface area contributed by atoms with Gasteiger partial charge in [0.1, 0.15) is 5.56 Å². The molecule has 0 N–H and O–H groups in total. The van der Waals surface area contributed by atoms with Gasteiger partial charge in [-0.2, -0.15) is 0 Å². The Morgan fingerprint density at radius 3 is 1.53 bits per heavy atom. The maximum atomic E-state index is 13.9. The van der Waals surface area contributed by atoms with Gasteiger partial charge in [0.05, 0.1) is 0 Å². The summed E-state index contributed by atoms with van der Waals surface area (Å²) >= 11 is 0. The highest BCUT2D eigenvalue weighted by Crippen LogP contribution is 2.23. The highest BCUT2D eigenvalue weighted by molar-refractivity contribution is 5.51. The standard InChI is InChI=1S/C26H18F4/c1-15-13-17(3)21(14-16(15)2)11-9-19-5-7-20(8-6-19)10-12-22-25(29)23(27)18(4)24(28)26(22)30/h5-8,13-14H,1-4H3. The summed E-state index contributed by atoms with van der Waals surface area (Å²) < 4.78 is 55.1. The Labute approximate surface area is 173 Å². The highest BCUT2D eigenvalue weighted by Gasteiger charge is 2.21. The summed E-state index contributed by atoms with van der Waals surface area (Å²) in [5, 5.41) is 0. The van der Waals surface area contributed by atoms with Gasteiger partial charge in [-0.15, -0.1) is 0 Å². The minimum atomic E-state index is -1.50. The predicted octanol–water partition coefficient (Wildman–Crippen LogP) is 6.28. The molecule has 4 heteroatoms. The zero-order valence-corrected chi connectivity index (χ0v) is 17.0. The first-order valence-electron chi connectivity index (χ1n) is 9.23. The van der Waals surface area contributed by atoms with Crippen molar-refractivity contribution in [1.82, 2.24) is 0 Å². The molecule has 3 aromatic rings. The molecule has 3 rings (SSSR count). The number of aryl methyl sites for hydroxylation is 3. The number of hydrogen-bond acceptors (Lipinski definition) is 0. The van der Waals surface area contributed by atoms with E-state index < -0.39 is 34.4 Å². The van der Waals surface area contributed by atoms with Gasteiger partial charge < -0.3 is 0 Å². The molecule has 0 aromatic heterocycles. The zero-order valence-electron chi connectivity index (χ0n) is 17.0. The topological polar surface area (TPSA) is 0 Å². The molecule has 0 aliphatic rings. The average molecular weight is 406 g/mol. The van der Waals surface area contributed by atoms with Crippen molar-refractivity contribution in [2.24, 2.45) is 0 Å². The van der Waals surface area contributed by atoms with Crippen molar-refractivity contribution in [3.63, 3.8) is 0 Å². The number of benzene rings is 3. The van der Waals surface area contributed by atoms with Crippen LogP contribution in [-0.4, -0.2) is 0 Å². The SMILES string of the molecule is Cc1cc(C)c(C#Cc2ccc(C#Cc3c(F)c(F)c(C)c(F)c3F)cc2)cc1C. The van der Waals surface area contributed by atoms with Crippen LogP contribution in [0.25, 0.3) is 0 Å². The van der Waals surface area contributed by atoms with Gasteiger partial charge in [0, 0.05) is 22.3 Å². The summed E-state index contributed by atoms with van der Waals surface area (Å²) in [5.74, 6) is 5.06. The molecular formula is C26H18F4. The van der Waals surface area contributed by atoms with Gasteiger partial charge in [-0.3, -0.25) is 0 Å². The van der Waals surface area contributed by atoms with Crippen LogP contribution in [0.3, 0.4) is 0 Å². The van der Waals surface area contributed by atoms with E-state index in [2.05, 4.69) is 36.7 Å². The minimum Gasteiger partial charge on any atom is -0.203 e. The molecule has 30 heavy (non-hydrogen) atoms. The summed E-state index contributed by atoms with van der Waals surface area (Å²) in [6, 6.07) is 10.8. The van der Waals surface area contributed by atoms with Crippen LogP contribution in [0.1, 0.15) is 44.5 Å². The minimum absolute atomic E-state index is 0.433. The molecule has 0 fully saturated rings. The third-order valence-corrected chi connectivity index (χ3v) is 4.88. The molecule has 150 valence electrons. The Balaban J connectivity index is 1.87. The van der Waals surface area contributed by atoms with Gasteiger partial charge in [-0.1, -0.05) is 29.7 Å². The largest absolute Gasteiger partial charge is 0.203 e. The van der Waals surface area contributed by atoms with Gasteiger partial charge in [0.2, 0.25) is 0 Å². The monoisotopic (exact) mass is 406 g/mol. The van der Waals surface area contributed by atoms with E-state index in [1.54, 1.807) is 24.3 Å². The van der Waals surface area contributed by atoms with E-state index in [1.807, 2.05) is 19.9 Å². The zero-order chi connectivity index (χ0) is 22.0. The number of halogens is 4. The van der Waals surface area contributed by atoms with Crippen molar-refractivity contribution in [2.75, 3.05) is 0 Å². The molecule has 0 amide bonds. The van der Waals surface area contributed by atoms with Crippen LogP contribution in [0.15, 0.2) is 36.4 Å². The van der Waals surface area contributed by atoms with Crippen LogP contribution >= 0.6 is 0 Å². The molecule has 0 radical (unpaired) electrons. The smallest absolute Gasteiger partial charge is 0.177 e. The molecule has 0 bridgehead atoms. The second kappa shape index (κ2) is 8.47. The summed E-state index contributed by atoms with van der Waals surface area (Å²) in [6.45, 7) is 7.05. The van der Waals surface area contributed by atoms with Crippen LogP contribution in [0.4, 0.5) is 17.6 Å². The van der Waals surface area contributed by atoms with E-state index in [1.165, 1.54) is 11.1 Å². The second-order valence-electron chi connectivity index (χ2n) is 7.08. The fourth-order valence-electron chi connectivity index (χ4n) is 2.86. The second-order valence-corrected chi connectivity index (χ2v) is 7.08. The number of hydrogen-bond donors (Lipinski definition) is 0. The lowest BCUT2D eigenvalue weighted by atomic mass is 10.0. The van der Waals surface area contributed by atoms with Crippen molar-refractivity contribution < 1.29 is 17.6 Å². The molecule has 0 spiro atoms. The van der Waals surface area contributed by atoms with Gasteiger partial charge in [0.15, 0.2) is 23.3 Å². The average Bonchev–Trinajstić information content (AvgIpc) is 2.73. The fraction of sp³-hybridized carbons (Fsp3) is 0.154. The summed E-state index contributed by atoms with van der Waals surface area (Å²) in [4.78, 5) is 0. The lowest BCUT2D eigenvalue weighted by molar-refractivity contribution is 0.442. The van der Waals surface area contributed by atoms with Crippen molar-refractivity contribution in [3.8, 4) is 23.7 Å². The Morgan fingerprint density at radius 1 is 0.533 bits per heavy atom. The Hall–Kier alpha value is -3.50. The van der Waals surface area contributed by atoms with Crippen molar-refractivity contribution >= 4 is 0 Å². The van der Waals surface area contributed by atoms with Crippen LogP contribution in [0.2, 0.25) is 0 Å². The van der Waals surface area contributed by atoms with Crippen molar-refractivity contribution in [3.05, 3.63) is 104 Å². The van der Waals surface area contributed by atoms with E-state index in [-0.39, 0.29) is 0 Å². The molecule has 0 aliphatic carbocycles. The van der Waals surface area contributed by atoms with E-state index in [0.29, 0.717) is 5.56 Å². The van der Waals surface area contributed by atoms with Crippen LogP contribution in [-0.2, 0) is 0 Å². The molecule has 0 unspecified atom stereocenters. The molecular weight excluding hydrogens is 388 g/mol. The van der Waals surface area contributed by atoms with E-state index in [4.69, 9.17) is 0 Å². The van der Waals surface area contributed by atoms with Gasteiger partial charge >= 0.3 is 0 Å². The third-order valence-electron chi connectivity index (χ3n) is 4.88. The molecule has 0 nitrogen and oxygen atoms in total. The van der Waals surface area contributed by atoms with Crippen LogP contribution in [0, 0.1) is 74.6 Å². The quantitative estimate of drug-likeness (QED) is 0.234. The number of rotatable bonds is 0. The van der Waals surface area contributed by atoms with Gasteiger partial charge in [-0.05, 0) is 74.7 Å². The molecule has 0 heterocycles. The first-order valence-corrected chi connectivity index (χ1v) is 9.23. The van der Waals surface area contributed by atoms with Gasteiger partial charge in [-0.25, -0.2) is 17.6 Å².